The molecule has 2 aromatic carbocycles. The van der Waals surface area contributed by atoms with Gasteiger partial charge >= 0.3 is 0 Å². The lowest BCUT2D eigenvalue weighted by Gasteiger charge is -2.29. The zero-order valence-corrected chi connectivity index (χ0v) is 20.1. The van der Waals surface area contributed by atoms with Crippen LogP contribution in [0.3, 0.4) is 0 Å². The van der Waals surface area contributed by atoms with Gasteiger partial charge in [-0.1, -0.05) is 42.5 Å². The van der Waals surface area contributed by atoms with Gasteiger partial charge in [0, 0.05) is 42.6 Å². The number of rotatable bonds is 8. The van der Waals surface area contributed by atoms with Gasteiger partial charge in [0.05, 0.1) is 17.8 Å². The molecule has 2 aromatic heterocycles. The monoisotopic (exact) mass is 467 g/mol. The summed E-state index contributed by atoms with van der Waals surface area (Å²) in [5, 5.41) is 7.86. The van der Waals surface area contributed by atoms with Crippen LogP contribution in [-0.2, 0) is 0 Å². The van der Waals surface area contributed by atoms with Crippen molar-refractivity contribution in [3.8, 4) is 5.69 Å². The third kappa shape index (κ3) is 4.54. The second-order valence-electron chi connectivity index (χ2n) is 8.56. The summed E-state index contributed by atoms with van der Waals surface area (Å²) in [4.78, 5) is 7.00. The number of nitrogens with one attached hydrogen (secondary N) is 2. The van der Waals surface area contributed by atoms with Crippen LogP contribution < -0.4 is 10.6 Å². The number of aryl methyl sites for hydroxylation is 1. The van der Waals surface area contributed by atoms with E-state index < -0.39 is 0 Å². The standard InChI is InChI=1S/C28H29N5S/c1-21-11-5-6-15-24(21)32-19-9-16-25(32)27-26(23-14-7-8-17-30-23)31-28(34)33(27)20-10-18-29-22-12-3-2-4-13-22/h2-9,11-17,19,26-27,29H,10,18,20H2,1H3,(H,31,34)/t26-,27+/m0/s1. The Hall–Kier alpha value is -3.64. The molecule has 1 saturated heterocycles. The van der Waals surface area contributed by atoms with Crippen molar-refractivity contribution in [1.29, 1.82) is 0 Å². The second kappa shape index (κ2) is 10.1. The van der Waals surface area contributed by atoms with Crippen LogP contribution in [0.2, 0.25) is 0 Å². The quantitative estimate of drug-likeness (QED) is 0.259. The highest BCUT2D eigenvalue weighted by Gasteiger charge is 2.41. The molecule has 0 bridgehead atoms. The maximum Gasteiger partial charge on any atom is 0.170 e. The molecule has 5 rings (SSSR count). The molecule has 0 aliphatic carbocycles. The van der Waals surface area contributed by atoms with E-state index in [1.165, 1.54) is 16.9 Å². The van der Waals surface area contributed by atoms with Gasteiger partial charge in [0.1, 0.15) is 0 Å². The Morgan fingerprint density at radius 3 is 2.53 bits per heavy atom. The third-order valence-corrected chi connectivity index (χ3v) is 6.69. The van der Waals surface area contributed by atoms with Crippen molar-refractivity contribution in [3.05, 3.63) is 114 Å². The van der Waals surface area contributed by atoms with E-state index in [0.29, 0.717) is 0 Å². The Morgan fingerprint density at radius 1 is 0.941 bits per heavy atom. The lowest BCUT2D eigenvalue weighted by Crippen LogP contribution is -2.32. The predicted molar refractivity (Wildman–Crippen MR) is 142 cm³/mol. The SMILES string of the molecule is Cc1ccccc1-n1cccc1[C@@H]1[C@H](c2ccccn2)NC(=S)N1CCCNc1ccccc1. The van der Waals surface area contributed by atoms with E-state index >= 15 is 0 Å². The van der Waals surface area contributed by atoms with E-state index in [1.54, 1.807) is 0 Å². The smallest absolute Gasteiger partial charge is 0.170 e. The summed E-state index contributed by atoms with van der Waals surface area (Å²) < 4.78 is 2.29. The Bertz CT molecular complexity index is 1240. The average Bonchev–Trinajstić information content (AvgIpc) is 3.47. The second-order valence-corrected chi connectivity index (χ2v) is 8.94. The number of pyridine rings is 1. The summed E-state index contributed by atoms with van der Waals surface area (Å²) in [6.07, 6.45) is 4.96. The van der Waals surface area contributed by atoms with E-state index in [4.69, 9.17) is 12.2 Å². The van der Waals surface area contributed by atoms with Crippen LogP contribution in [0.1, 0.15) is 35.5 Å². The number of hydrogen-bond donors (Lipinski definition) is 2. The largest absolute Gasteiger partial charge is 0.385 e. The third-order valence-electron chi connectivity index (χ3n) is 6.33. The van der Waals surface area contributed by atoms with Crippen LogP contribution in [0.5, 0.6) is 0 Å². The van der Waals surface area contributed by atoms with Gasteiger partial charge in [-0.25, -0.2) is 0 Å². The Balaban J connectivity index is 1.44. The molecule has 4 aromatic rings. The fourth-order valence-electron chi connectivity index (χ4n) is 4.69. The van der Waals surface area contributed by atoms with Crippen molar-refractivity contribution >= 4 is 23.0 Å². The molecule has 1 aliphatic heterocycles. The molecule has 0 unspecified atom stereocenters. The van der Waals surface area contributed by atoms with E-state index in [0.717, 1.165) is 36.0 Å². The zero-order valence-electron chi connectivity index (χ0n) is 19.3. The number of anilines is 1. The first kappa shape index (κ1) is 22.2. The molecular weight excluding hydrogens is 438 g/mol. The van der Waals surface area contributed by atoms with Gasteiger partial charge in [-0.2, -0.15) is 0 Å². The van der Waals surface area contributed by atoms with Gasteiger partial charge in [0.25, 0.3) is 0 Å². The lowest BCUT2D eigenvalue weighted by atomic mass is 10.0. The average molecular weight is 468 g/mol. The van der Waals surface area contributed by atoms with Crippen molar-refractivity contribution in [2.75, 3.05) is 18.4 Å². The first-order chi connectivity index (χ1) is 16.7. The molecule has 2 atom stereocenters. The normalized spacial score (nSPS) is 17.6. The lowest BCUT2D eigenvalue weighted by molar-refractivity contribution is 0.307. The summed E-state index contributed by atoms with van der Waals surface area (Å²) in [6, 6.07) is 29.2. The summed E-state index contributed by atoms with van der Waals surface area (Å²) in [7, 11) is 0. The van der Waals surface area contributed by atoms with E-state index in [2.05, 4.69) is 105 Å². The highest BCUT2D eigenvalue weighted by atomic mass is 32.1. The molecular formula is C28H29N5S. The number of nitrogens with zero attached hydrogens (tertiary/aromatic N) is 3. The van der Waals surface area contributed by atoms with Gasteiger partial charge in [-0.05, 0) is 73.6 Å². The minimum Gasteiger partial charge on any atom is -0.385 e. The van der Waals surface area contributed by atoms with Crippen molar-refractivity contribution in [1.82, 2.24) is 19.8 Å². The van der Waals surface area contributed by atoms with Crippen molar-refractivity contribution < 1.29 is 0 Å². The van der Waals surface area contributed by atoms with E-state index in [9.17, 15) is 0 Å². The topological polar surface area (TPSA) is 45.1 Å². The number of hydrogen-bond acceptors (Lipinski definition) is 3. The summed E-state index contributed by atoms with van der Waals surface area (Å²) in [5.74, 6) is 0. The highest BCUT2D eigenvalue weighted by Crippen LogP contribution is 2.39. The van der Waals surface area contributed by atoms with Crippen LogP contribution in [0.25, 0.3) is 5.69 Å². The van der Waals surface area contributed by atoms with Crippen LogP contribution in [0.4, 0.5) is 5.69 Å². The van der Waals surface area contributed by atoms with Crippen molar-refractivity contribution in [2.45, 2.75) is 25.4 Å². The van der Waals surface area contributed by atoms with Gasteiger partial charge < -0.3 is 20.1 Å². The Morgan fingerprint density at radius 2 is 1.74 bits per heavy atom. The van der Waals surface area contributed by atoms with E-state index in [1.807, 2.05) is 24.4 Å². The molecule has 0 saturated carbocycles. The number of benzene rings is 2. The molecule has 0 radical (unpaired) electrons. The molecule has 3 heterocycles. The van der Waals surface area contributed by atoms with Gasteiger partial charge in [-0.15, -0.1) is 0 Å². The summed E-state index contributed by atoms with van der Waals surface area (Å²) in [6.45, 7) is 3.88. The fraction of sp³-hybridized carbons (Fsp3) is 0.214. The van der Waals surface area contributed by atoms with Crippen LogP contribution in [0.15, 0.2) is 97.3 Å². The van der Waals surface area contributed by atoms with Crippen LogP contribution >= 0.6 is 12.2 Å². The maximum absolute atomic E-state index is 5.85. The van der Waals surface area contributed by atoms with Crippen LogP contribution in [0, 0.1) is 6.92 Å². The Kier molecular flexibility index (Phi) is 6.58. The minimum atomic E-state index is -0.0200. The first-order valence-corrected chi connectivity index (χ1v) is 12.1. The Labute approximate surface area is 206 Å². The predicted octanol–water partition coefficient (Wildman–Crippen LogP) is 5.66. The number of thiocarbonyl (C=S) groups is 1. The molecule has 1 aliphatic rings. The van der Waals surface area contributed by atoms with Crippen molar-refractivity contribution in [3.63, 3.8) is 0 Å². The molecule has 2 N–H and O–H groups in total. The van der Waals surface area contributed by atoms with Gasteiger partial charge in [0.15, 0.2) is 5.11 Å². The maximum atomic E-state index is 5.85. The van der Waals surface area contributed by atoms with Gasteiger partial charge in [-0.3, -0.25) is 4.98 Å². The molecule has 34 heavy (non-hydrogen) atoms. The molecule has 1 fully saturated rings. The highest BCUT2D eigenvalue weighted by molar-refractivity contribution is 7.80. The first-order valence-electron chi connectivity index (χ1n) is 11.7. The van der Waals surface area contributed by atoms with E-state index in [-0.39, 0.29) is 12.1 Å². The molecule has 172 valence electrons. The molecule has 6 heteroatoms. The summed E-state index contributed by atoms with van der Waals surface area (Å²) >= 11 is 5.85. The minimum absolute atomic E-state index is 0.0200. The number of aromatic nitrogens is 2. The fourth-order valence-corrected chi connectivity index (χ4v) is 5.03. The van der Waals surface area contributed by atoms with Gasteiger partial charge in [0.2, 0.25) is 0 Å². The molecule has 5 nitrogen and oxygen atoms in total. The number of para-hydroxylation sites is 2. The summed E-state index contributed by atoms with van der Waals surface area (Å²) in [5.41, 5.74) is 5.76. The molecule has 0 amide bonds. The molecule has 0 spiro atoms. The van der Waals surface area contributed by atoms with Crippen molar-refractivity contribution in [2.24, 2.45) is 0 Å². The van der Waals surface area contributed by atoms with Crippen LogP contribution in [-0.4, -0.2) is 32.7 Å². The zero-order chi connectivity index (χ0) is 23.3.